The largest absolute Gasteiger partial charge is 0.494 e. The molecule has 0 aliphatic rings. The van der Waals surface area contributed by atoms with Gasteiger partial charge in [0.15, 0.2) is 5.75 Å². The van der Waals surface area contributed by atoms with Crippen LogP contribution in [0.5, 0.6) is 11.5 Å². The van der Waals surface area contributed by atoms with Crippen molar-refractivity contribution in [2.45, 2.75) is 90.9 Å². The van der Waals surface area contributed by atoms with E-state index in [0.29, 0.717) is 12.3 Å². The van der Waals surface area contributed by atoms with Crippen LogP contribution in [0.25, 0.3) is 22.4 Å². The lowest BCUT2D eigenvalue weighted by Gasteiger charge is -2.09. The van der Waals surface area contributed by atoms with Gasteiger partial charge in [-0.3, -0.25) is 0 Å². The zero-order valence-corrected chi connectivity index (χ0v) is 22.8. The minimum Gasteiger partial charge on any atom is -0.494 e. The van der Waals surface area contributed by atoms with E-state index in [0.717, 1.165) is 48.3 Å². The highest BCUT2D eigenvalue weighted by Gasteiger charge is 2.09. The quantitative estimate of drug-likeness (QED) is 0.127. The summed E-state index contributed by atoms with van der Waals surface area (Å²) in [5, 5.41) is 0. The van der Waals surface area contributed by atoms with E-state index in [1.54, 1.807) is 6.07 Å². The molecule has 3 aromatic rings. The number of benzene rings is 2. The number of rotatable bonds is 18. The van der Waals surface area contributed by atoms with Gasteiger partial charge in [0.25, 0.3) is 5.95 Å². The average Bonchev–Trinajstić information content (AvgIpc) is 2.93. The Kier molecular flexibility index (Phi) is 13.0. The van der Waals surface area contributed by atoms with Gasteiger partial charge in [0, 0.05) is 5.56 Å². The molecule has 200 valence electrons. The number of hydrogen-bond donors (Lipinski definition) is 0. The summed E-state index contributed by atoms with van der Waals surface area (Å²) in [6, 6.07) is 19.8. The number of unbranched alkanes of at least 4 members (excludes halogenated alkanes) is 10. The first kappa shape index (κ1) is 28.7. The number of nitrogens with zero attached hydrogens (tertiary/aromatic N) is 1. The van der Waals surface area contributed by atoms with Crippen molar-refractivity contribution < 1.29 is 13.9 Å². The van der Waals surface area contributed by atoms with E-state index in [1.165, 1.54) is 57.8 Å². The monoisotopic (exact) mass is 505 g/mol. The second-order valence-electron chi connectivity index (χ2n) is 9.82. The summed E-state index contributed by atoms with van der Waals surface area (Å²) in [4.78, 5) is 4.14. The minimum atomic E-state index is -0.552. The van der Waals surface area contributed by atoms with Crippen LogP contribution < -0.4 is 9.47 Å². The van der Waals surface area contributed by atoms with E-state index in [-0.39, 0.29) is 5.75 Å². The summed E-state index contributed by atoms with van der Waals surface area (Å²) < 4.78 is 26.0. The Morgan fingerprint density at radius 2 is 1.03 bits per heavy atom. The van der Waals surface area contributed by atoms with Crippen LogP contribution in [0, 0.1) is 5.95 Å². The maximum Gasteiger partial charge on any atom is 0.255 e. The van der Waals surface area contributed by atoms with Gasteiger partial charge >= 0.3 is 0 Å². The van der Waals surface area contributed by atoms with Crippen LogP contribution in [0.4, 0.5) is 4.39 Å². The molecule has 0 N–H and O–H groups in total. The van der Waals surface area contributed by atoms with E-state index in [9.17, 15) is 4.39 Å². The molecule has 3 nitrogen and oxygen atoms in total. The molecule has 2 aromatic carbocycles. The van der Waals surface area contributed by atoms with Gasteiger partial charge < -0.3 is 9.47 Å². The third-order valence-corrected chi connectivity index (χ3v) is 6.70. The topological polar surface area (TPSA) is 31.4 Å². The molecule has 0 saturated carbocycles. The maximum atomic E-state index is 14.5. The Balaban J connectivity index is 1.46. The molecule has 0 spiro atoms. The van der Waals surface area contributed by atoms with Crippen molar-refractivity contribution >= 4 is 0 Å². The second-order valence-corrected chi connectivity index (χ2v) is 9.82. The van der Waals surface area contributed by atoms with E-state index >= 15 is 0 Å². The van der Waals surface area contributed by atoms with Crippen LogP contribution in [-0.4, -0.2) is 18.2 Å². The van der Waals surface area contributed by atoms with Crippen molar-refractivity contribution in [2.75, 3.05) is 13.2 Å². The van der Waals surface area contributed by atoms with Gasteiger partial charge in [-0.1, -0.05) is 114 Å². The molecule has 0 saturated heterocycles. The van der Waals surface area contributed by atoms with E-state index < -0.39 is 5.95 Å². The fraction of sp³-hybridized carbons (Fsp3) is 0.485. The number of hydrogen-bond acceptors (Lipinski definition) is 3. The summed E-state index contributed by atoms with van der Waals surface area (Å²) in [5.41, 5.74) is 3.71. The van der Waals surface area contributed by atoms with Gasteiger partial charge in [0.2, 0.25) is 0 Å². The van der Waals surface area contributed by atoms with Gasteiger partial charge in [0.05, 0.1) is 18.9 Å². The summed E-state index contributed by atoms with van der Waals surface area (Å²) in [7, 11) is 0. The molecule has 1 heterocycles. The highest BCUT2D eigenvalue weighted by molar-refractivity contribution is 5.69. The van der Waals surface area contributed by atoms with Gasteiger partial charge in [-0.15, -0.1) is 0 Å². The fourth-order valence-electron chi connectivity index (χ4n) is 4.40. The van der Waals surface area contributed by atoms with Crippen LogP contribution in [0.3, 0.4) is 0 Å². The summed E-state index contributed by atoms with van der Waals surface area (Å²) in [5.74, 6) is 0.587. The SMILES string of the molecule is CCCCCCCCOc1ccc(-c2ccc(-c3ccc(OCCCCCCCC)c(F)n3)cc2)cc1. The van der Waals surface area contributed by atoms with Gasteiger partial charge in [0.1, 0.15) is 5.75 Å². The standard InChI is InChI=1S/C33H44FNO2/c1-3-5-7-9-11-13-25-36-30-21-19-28(20-22-30)27-15-17-29(18-16-27)31-23-24-32(33(34)35-31)37-26-14-12-10-8-6-4-2/h15-24H,3-14,25-26H2,1-2H3. The highest BCUT2D eigenvalue weighted by atomic mass is 19.1. The number of halogens is 1. The third-order valence-electron chi connectivity index (χ3n) is 6.70. The fourth-order valence-corrected chi connectivity index (χ4v) is 4.40. The van der Waals surface area contributed by atoms with Gasteiger partial charge in [-0.25, -0.2) is 4.98 Å². The highest BCUT2D eigenvalue weighted by Crippen LogP contribution is 2.27. The molecule has 0 unspecified atom stereocenters. The first-order valence-corrected chi connectivity index (χ1v) is 14.3. The first-order chi connectivity index (χ1) is 18.2. The molecule has 4 heteroatoms. The Morgan fingerprint density at radius 1 is 0.541 bits per heavy atom. The van der Waals surface area contributed by atoms with Crippen LogP contribution >= 0.6 is 0 Å². The van der Waals surface area contributed by atoms with E-state index in [4.69, 9.17) is 9.47 Å². The van der Waals surface area contributed by atoms with Crippen LogP contribution in [0.2, 0.25) is 0 Å². The van der Waals surface area contributed by atoms with Crippen LogP contribution in [-0.2, 0) is 0 Å². The van der Waals surface area contributed by atoms with Crippen molar-refractivity contribution in [1.29, 1.82) is 0 Å². The zero-order chi connectivity index (χ0) is 26.1. The normalized spacial score (nSPS) is 11.0. The third kappa shape index (κ3) is 10.2. The number of ether oxygens (including phenoxy) is 2. The van der Waals surface area contributed by atoms with Crippen LogP contribution in [0.1, 0.15) is 90.9 Å². The van der Waals surface area contributed by atoms with Crippen molar-refractivity contribution in [2.24, 2.45) is 0 Å². The molecular weight excluding hydrogens is 461 g/mol. The van der Waals surface area contributed by atoms with Gasteiger partial charge in [-0.2, -0.15) is 4.39 Å². The summed E-state index contributed by atoms with van der Waals surface area (Å²) in [6.45, 7) is 5.75. The second kappa shape index (κ2) is 16.8. The van der Waals surface area contributed by atoms with Crippen molar-refractivity contribution in [3.8, 4) is 33.9 Å². The Bertz CT molecular complexity index is 1020. The smallest absolute Gasteiger partial charge is 0.255 e. The summed E-state index contributed by atoms with van der Waals surface area (Å²) >= 11 is 0. The zero-order valence-electron chi connectivity index (χ0n) is 22.8. The van der Waals surface area contributed by atoms with Crippen molar-refractivity contribution in [3.63, 3.8) is 0 Å². The Morgan fingerprint density at radius 3 is 1.59 bits per heavy atom. The Labute approximate surface area is 223 Å². The summed E-state index contributed by atoms with van der Waals surface area (Å²) in [6.07, 6.45) is 14.6. The van der Waals surface area contributed by atoms with Gasteiger partial charge in [-0.05, 0) is 48.2 Å². The lowest BCUT2D eigenvalue weighted by molar-refractivity contribution is 0.286. The predicted octanol–water partition coefficient (Wildman–Crippen LogP) is 10.0. The van der Waals surface area contributed by atoms with Crippen molar-refractivity contribution in [1.82, 2.24) is 4.98 Å². The lowest BCUT2D eigenvalue weighted by Crippen LogP contribution is -2.01. The molecule has 0 atom stereocenters. The molecule has 37 heavy (non-hydrogen) atoms. The number of aromatic nitrogens is 1. The maximum absolute atomic E-state index is 14.5. The minimum absolute atomic E-state index is 0.229. The van der Waals surface area contributed by atoms with Crippen LogP contribution in [0.15, 0.2) is 60.7 Å². The van der Waals surface area contributed by atoms with E-state index in [2.05, 4.69) is 31.0 Å². The van der Waals surface area contributed by atoms with Crippen molar-refractivity contribution in [3.05, 3.63) is 66.6 Å². The molecule has 0 radical (unpaired) electrons. The first-order valence-electron chi connectivity index (χ1n) is 14.3. The molecular formula is C33H44FNO2. The molecule has 0 aliphatic heterocycles. The number of pyridine rings is 1. The average molecular weight is 506 g/mol. The molecule has 3 rings (SSSR count). The molecule has 0 fully saturated rings. The molecule has 0 amide bonds. The Hall–Kier alpha value is -2.88. The predicted molar refractivity (Wildman–Crippen MR) is 153 cm³/mol. The van der Waals surface area contributed by atoms with E-state index in [1.807, 2.05) is 42.5 Å². The molecule has 0 aliphatic carbocycles. The molecule has 1 aromatic heterocycles. The molecule has 0 bridgehead atoms. The lowest BCUT2D eigenvalue weighted by atomic mass is 10.0.